The maximum absolute atomic E-state index is 10.2. The molecule has 88 valence electrons. The number of fused-ring (bicyclic) bond motifs is 2. The van der Waals surface area contributed by atoms with Gasteiger partial charge in [-0.1, -0.05) is 36.4 Å². The molecule has 0 saturated heterocycles. The predicted molar refractivity (Wildman–Crippen MR) is 72.3 cm³/mol. The number of benzene rings is 3. The highest BCUT2D eigenvalue weighted by Gasteiger charge is 1.99. The number of carbonyl (C=O) groups excluding carboxylic acids is 1. The third-order valence-corrected chi connectivity index (χ3v) is 3.09. The Hall–Kier alpha value is -2.35. The van der Waals surface area contributed by atoms with Gasteiger partial charge < -0.3 is 4.74 Å². The van der Waals surface area contributed by atoms with Crippen LogP contribution in [-0.2, 0) is 16.1 Å². The van der Waals surface area contributed by atoms with Crippen LogP contribution in [0.5, 0.6) is 0 Å². The minimum absolute atomic E-state index is 0.326. The molecule has 0 atom stereocenters. The summed E-state index contributed by atoms with van der Waals surface area (Å²) in [6, 6.07) is 18.7. The zero-order chi connectivity index (χ0) is 12.4. The molecule has 0 amide bonds. The van der Waals surface area contributed by atoms with Gasteiger partial charge in [0.1, 0.15) is 6.61 Å². The predicted octanol–water partition coefficient (Wildman–Crippen LogP) is 3.67. The lowest BCUT2D eigenvalue weighted by Crippen LogP contribution is -1.89. The highest BCUT2D eigenvalue weighted by molar-refractivity contribution is 5.98. The number of hydrogen-bond donors (Lipinski definition) is 0. The first-order chi connectivity index (χ1) is 8.86. The van der Waals surface area contributed by atoms with E-state index in [1.165, 1.54) is 21.5 Å². The van der Waals surface area contributed by atoms with Crippen LogP contribution < -0.4 is 0 Å². The molecule has 0 aromatic heterocycles. The van der Waals surface area contributed by atoms with E-state index in [1.54, 1.807) is 0 Å². The molecule has 0 aliphatic rings. The van der Waals surface area contributed by atoms with E-state index in [1.807, 2.05) is 18.2 Å². The van der Waals surface area contributed by atoms with E-state index >= 15 is 0 Å². The van der Waals surface area contributed by atoms with Crippen molar-refractivity contribution < 1.29 is 9.53 Å². The lowest BCUT2D eigenvalue weighted by molar-refractivity contribution is -0.129. The molecule has 0 aliphatic carbocycles. The fourth-order valence-electron chi connectivity index (χ4n) is 2.21. The average Bonchev–Trinajstić information content (AvgIpc) is 2.42. The third-order valence-electron chi connectivity index (χ3n) is 3.09. The summed E-state index contributed by atoms with van der Waals surface area (Å²) in [6.07, 6.45) is 0. The van der Waals surface area contributed by atoms with Crippen molar-refractivity contribution in [3.8, 4) is 0 Å². The van der Waals surface area contributed by atoms with Gasteiger partial charge >= 0.3 is 0 Å². The smallest absolute Gasteiger partial charge is 0.293 e. The fraction of sp³-hybridized carbons (Fsp3) is 0.0625. The van der Waals surface area contributed by atoms with E-state index in [4.69, 9.17) is 4.74 Å². The number of ether oxygens (including phenoxy) is 1. The summed E-state index contributed by atoms with van der Waals surface area (Å²) in [7, 11) is 0. The van der Waals surface area contributed by atoms with Gasteiger partial charge in [0.05, 0.1) is 0 Å². The first kappa shape index (κ1) is 10.8. The van der Waals surface area contributed by atoms with Gasteiger partial charge in [0.2, 0.25) is 0 Å². The molecule has 2 heteroatoms. The lowest BCUT2D eigenvalue weighted by Gasteiger charge is -2.05. The maximum Gasteiger partial charge on any atom is 0.293 e. The van der Waals surface area contributed by atoms with Gasteiger partial charge in [-0.25, -0.2) is 0 Å². The van der Waals surface area contributed by atoms with Crippen molar-refractivity contribution in [2.75, 3.05) is 0 Å². The number of carbonyl (C=O) groups is 1. The van der Waals surface area contributed by atoms with E-state index < -0.39 is 0 Å². The van der Waals surface area contributed by atoms with Crippen molar-refractivity contribution in [1.82, 2.24) is 0 Å². The standard InChI is InChI=1S/C16H12O2/c17-11-18-10-12-5-6-15-8-13-3-1-2-4-14(13)9-16(15)7-12/h1-9,11H,10H2. The van der Waals surface area contributed by atoms with Gasteiger partial charge in [0.15, 0.2) is 0 Å². The molecular weight excluding hydrogens is 224 g/mol. The molecule has 0 spiro atoms. The molecule has 0 N–H and O–H groups in total. The zero-order valence-corrected chi connectivity index (χ0v) is 9.80. The second kappa shape index (κ2) is 4.49. The van der Waals surface area contributed by atoms with Crippen molar-refractivity contribution >= 4 is 28.0 Å². The molecule has 3 rings (SSSR count). The molecule has 0 bridgehead atoms. The molecule has 0 aliphatic heterocycles. The quantitative estimate of drug-likeness (QED) is 0.512. The summed E-state index contributed by atoms with van der Waals surface area (Å²) >= 11 is 0. The zero-order valence-electron chi connectivity index (χ0n) is 9.80. The van der Waals surface area contributed by atoms with Gasteiger partial charge in [0, 0.05) is 0 Å². The summed E-state index contributed by atoms with van der Waals surface area (Å²) < 4.78 is 4.78. The van der Waals surface area contributed by atoms with Crippen molar-refractivity contribution in [1.29, 1.82) is 0 Å². The van der Waals surface area contributed by atoms with Crippen LogP contribution in [0.2, 0.25) is 0 Å². The van der Waals surface area contributed by atoms with Crippen molar-refractivity contribution in [3.05, 3.63) is 60.2 Å². The first-order valence-electron chi connectivity index (χ1n) is 5.83. The van der Waals surface area contributed by atoms with Gasteiger partial charge in [-0.15, -0.1) is 0 Å². The molecule has 2 nitrogen and oxygen atoms in total. The molecule has 0 radical (unpaired) electrons. The van der Waals surface area contributed by atoms with Gasteiger partial charge in [0.25, 0.3) is 6.47 Å². The Morgan fingerprint density at radius 2 is 1.50 bits per heavy atom. The minimum Gasteiger partial charge on any atom is -0.463 e. The second-order valence-corrected chi connectivity index (χ2v) is 4.29. The van der Waals surface area contributed by atoms with E-state index in [9.17, 15) is 4.79 Å². The monoisotopic (exact) mass is 236 g/mol. The summed E-state index contributed by atoms with van der Waals surface area (Å²) in [5.74, 6) is 0. The molecule has 0 heterocycles. The Bertz CT molecular complexity index is 716. The first-order valence-corrected chi connectivity index (χ1v) is 5.83. The summed E-state index contributed by atoms with van der Waals surface area (Å²) in [5, 5.41) is 4.82. The van der Waals surface area contributed by atoms with Gasteiger partial charge in [-0.05, 0) is 45.3 Å². The van der Waals surface area contributed by atoms with Crippen LogP contribution in [0.25, 0.3) is 21.5 Å². The Balaban J connectivity index is 2.14. The third kappa shape index (κ3) is 1.93. The van der Waals surface area contributed by atoms with Crippen LogP contribution in [0.3, 0.4) is 0 Å². The maximum atomic E-state index is 10.2. The highest BCUT2D eigenvalue weighted by atomic mass is 16.5. The minimum atomic E-state index is 0.326. The Morgan fingerprint density at radius 3 is 2.22 bits per heavy atom. The SMILES string of the molecule is O=COCc1ccc2cc3ccccc3cc2c1. The molecule has 0 saturated carbocycles. The topological polar surface area (TPSA) is 26.3 Å². The molecule has 18 heavy (non-hydrogen) atoms. The van der Waals surface area contributed by atoms with Crippen LogP contribution in [-0.4, -0.2) is 6.47 Å². The van der Waals surface area contributed by atoms with Crippen LogP contribution in [0.15, 0.2) is 54.6 Å². The van der Waals surface area contributed by atoms with Crippen molar-refractivity contribution in [2.45, 2.75) is 6.61 Å². The van der Waals surface area contributed by atoms with Crippen LogP contribution in [0.1, 0.15) is 5.56 Å². The molecule has 0 unspecified atom stereocenters. The Morgan fingerprint density at radius 1 is 0.833 bits per heavy atom. The summed E-state index contributed by atoms with van der Waals surface area (Å²) in [5.41, 5.74) is 1.00. The van der Waals surface area contributed by atoms with Gasteiger partial charge in [-0.2, -0.15) is 0 Å². The largest absolute Gasteiger partial charge is 0.463 e. The lowest BCUT2D eigenvalue weighted by atomic mass is 10.0. The highest BCUT2D eigenvalue weighted by Crippen LogP contribution is 2.23. The van der Waals surface area contributed by atoms with E-state index in [2.05, 4.69) is 36.4 Å². The van der Waals surface area contributed by atoms with Crippen molar-refractivity contribution in [3.63, 3.8) is 0 Å². The molecule has 3 aromatic rings. The van der Waals surface area contributed by atoms with Crippen LogP contribution in [0, 0.1) is 0 Å². The van der Waals surface area contributed by atoms with E-state index in [-0.39, 0.29) is 0 Å². The average molecular weight is 236 g/mol. The van der Waals surface area contributed by atoms with Gasteiger partial charge in [-0.3, -0.25) is 4.79 Å². The Labute approximate surface area is 105 Å². The van der Waals surface area contributed by atoms with Crippen molar-refractivity contribution in [2.24, 2.45) is 0 Å². The van der Waals surface area contributed by atoms with Crippen LogP contribution in [0.4, 0.5) is 0 Å². The van der Waals surface area contributed by atoms with E-state index in [0.29, 0.717) is 13.1 Å². The second-order valence-electron chi connectivity index (χ2n) is 4.29. The van der Waals surface area contributed by atoms with E-state index in [0.717, 1.165) is 5.56 Å². The normalized spacial score (nSPS) is 10.7. The number of hydrogen-bond acceptors (Lipinski definition) is 2. The summed E-state index contributed by atoms with van der Waals surface area (Å²) in [6.45, 7) is 0.802. The molecular formula is C16H12O2. The number of rotatable bonds is 3. The molecule has 3 aromatic carbocycles. The molecule has 0 fully saturated rings. The fourth-order valence-corrected chi connectivity index (χ4v) is 2.21. The Kier molecular flexibility index (Phi) is 2.69. The van der Waals surface area contributed by atoms with Crippen LogP contribution >= 0.6 is 0 Å². The summed E-state index contributed by atoms with van der Waals surface area (Å²) in [4.78, 5) is 10.2.